The average Bonchev–Trinajstić information content (AvgIpc) is 2.56. The van der Waals surface area contributed by atoms with E-state index in [1.807, 2.05) is 44.2 Å². The molecule has 0 heterocycles. The van der Waals surface area contributed by atoms with Crippen LogP contribution in [0.25, 0.3) is 0 Å². The minimum absolute atomic E-state index is 0.203. The molecule has 0 bridgehead atoms. The molecule has 0 aliphatic carbocycles. The van der Waals surface area contributed by atoms with Crippen LogP contribution in [0, 0.1) is 6.92 Å². The fraction of sp³-hybridized carbons (Fsp3) is 0.263. The summed E-state index contributed by atoms with van der Waals surface area (Å²) in [6.45, 7) is 4.34. The van der Waals surface area contributed by atoms with Gasteiger partial charge in [0.1, 0.15) is 6.42 Å². The Morgan fingerprint density at radius 3 is 2.42 bits per heavy atom. The Balaban J connectivity index is 1.88. The molecule has 2 aromatic rings. The van der Waals surface area contributed by atoms with Gasteiger partial charge in [-0.25, -0.2) is 0 Å². The Morgan fingerprint density at radius 2 is 1.75 bits per heavy atom. The molecule has 2 rings (SSSR count). The molecular weight excluding hydrogens is 324 g/mol. The Morgan fingerprint density at radius 1 is 1.04 bits per heavy atom. The molecule has 0 aliphatic rings. The molecule has 0 fully saturated rings. The maximum absolute atomic E-state index is 12.1. The van der Waals surface area contributed by atoms with Gasteiger partial charge in [0.25, 0.3) is 0 Å². The van der Waals surface area contributed by atoms with Crippen LogP contribution in [0.2, 0.25) is 5.02 Å². The van der Waals surface area contributed by atoms with Gasteiger partial charge in [0.2, 0.25) is 11.8 Å². The fourth-order valence-corrected chi connectivity index (χ4v) is 2.52. The summed E-state index contributed by atoms with van der Waals surface area (Å²) in [4.78, 5) is 24.0. The molecule has 2 N–H and O–H groups in total. The highest BCUT2D eigenvalue weighted by Gasteiger charge is 2.12. The molecule has 2 aromatic carbocycles. The van der Waals surface area contributed by atoms with Gasteiger partial charge in [-0.05, 0) is 42.2 Å². The van der Waals surface area contributed by atoms with Gasteiger partial charge >= 0.3 is 0 Å². The summed E-state index contributed by atoms with van der Waals surface area (Å²) in [5.74, 6) is -0.623. The standard InChI is InChI=1S/C19H21ClN2O2/c1-3-15-6-4-5-13(2)19(15)22-18(24)11-17(23)21-12-14-7-9-16(20)10-8-14/h4-10H,3,11-12H2,1-2H3,(H,21,23)(H,22,24). The summed E-state index contributed by atoms with van der Waals surface area (Å²) in [5.41, 5.74) is 3.78. The van der Waals surface area contributed by atoms with E-state index in [0.29, 0.717) is 11.6 Å². The predicted molar refractivity (Wildman–Crippen MR) is 97.1 cm³/mol. The average molecular weight is 345 g/mol. The zero-order chi connectivity index (χ0) is 17.5. The highest BCUT2D eigenvalue weighted by molar-refractivity contribution is 6.30. The van der Waals surface area contributed by atoms with Crippen LogP contribution in [-0.2, 0) is 22.6 Å². The number of aryl methyl sites for hydroxylation is 2. The van der Waals surface area contributed by atoms with Crippen molar-refractivity contribution in [1.82, 2.24) is 5.32 Å². The van der Waals surface area contributed by atoms with Gasteiger partial charge < -0.3 is 10.6 Å². The number of benzene rings is 2. The van der Waals surface area contributed by atoms with Crippen LogP contribution in [0.4, 0.5) is 5.69 Å². The van der Waals surface area contributed by atoms with E-state index in [0.717, 1.165) is 28.8 Å². The quantitative estimate of drug-likeness (QED) is 0.782. The molecule has 0 aliphatic heterocycles. The Hall–Kier alpha value is -2.33. The van der Waals surface area contributed by atoms with Gasteiger partial charge in [0.15, 0.2) is 0 Å². The highest BCUT2D eigenvalue weighted by Crippen LogP contribution is 2.21. The van der Waals surface area contributed by atoms with E-state index in [2.05, 4.69) is 10.6 Å². The topological polar surface area (TPSA) is 58.2 Å². The maximum atomic E-state index is 12.1. The number of halogens is 1. The predicted octanol–water partition coefficient (Wildman–Crippen LogP) is 3.86. The van der Waals surface area contributed by atoms with E-state index in [1.54, 1.807) is 12.1 Å². The van der Waals surface area contributed by atoms with Crippen molar-refractivity contribution < 1.29 is 9.59 Å². The van der Waals surface area contributed by atoms with Crippen molar-refractivity contribution in [1.29, 1.82) is 0 Å². The first kappa shape index (κ1) is 18.0. The number of carbonyl (C=O) groups excluding carboxylic acids is 2. The molecule has 0 radical (unpaired) electrons. The van der Waals surface area contributed by atoms with Crippen molar-refractivity contribution in [2.45, 2.75) is 33.2 Å². The van der Waals surface area contributed by atoms with E-state index < -0.39 is 0 Å². The fourth-order valence-electron chi connectivity index (χ4n) is 2.40. The molecule has 0 spiro atoms. The summed E-state index contributed by atoms with van der Waals surface area (Å²) < 4.78 is 0. The largest absolute Gasteiger partial charge is 0.352 e. The van der Waals surface area contributed by atoms with Crippen molar-refractivity contribution in [3.63, 3.8) is 0 Å². The lowest BCUT2D eigenvalue weighted by Gasteiger charge is -2.13. The molecular formula is C19H21ClN2O2. The van der Waals surface area contributed by atoms with Crippen molar-refractivity contribution >= 4 is 29.1 Å². The van der Waals surface area contributed by atoms with Crippen molar-refractivity contribution in [3.05, 3.63) is 64.2 Å². The van der Waals surface area contributed by atoms with Gasteiger partial charge in [-0.15, -0.1) is 0 Å². The van der Waals surface area contributed by atoms with Crippen LogP contribution in [0.1, 0.15) is 30.0 Å². The number of nitrogens with one attached hydrogen (secondary N) is 2. The zero-order valence-electron chi connectivity index (χ0n) is 13.9. The third-order valence-electron chi connectivity index (χ3n) is 3.73. The summed E-state index contributed by atoms with van der Waals surface area (Å²) >= 11 is 5.82. The lowest BCUT2D eigenvalue weighted by Crippen LogP contribution is -2.28. The number of amides is 2. The number of carbonyl (C=O) groups is 2. The smallest absolute Gasteiger partial charge is 0.233 e. The number of hydrogen-bond acceptors (Lipinski definition) is 2. The molecule has 5 heteroatoms. The van der Waals surface area contributed by atoms with Crippen LogP contribution in [0.5, 0.6) is 0 Å². The molecule has 0 saturated heterocycles. The molecule has 0 unspecified atom stereocenters. The molecule has 0 aromatic heterocycles. The monoisotopic (exact) mass is 344 g/mol. The molecule has 4 nitrogen and oxygen atoms in total. The SMILES string of the molecule is CCc1cccc(C)c1NC(=O)CC(=O)NCc1ccc(Cl)cc1. The molecule has 0 saturated carbocycles. The molecule has 0 atom stereocenters. The lowest BCUT2D eigenvalue weighted by molar-refractivity contribution is -0.126. The van der Waals surface area contributed by atoms with Gasteiger partial charge in [-0.3, -0.25) is 9.59 Å². The summed E-state index contributed by atoms with van der Waals surface area (Å²) in [6, 6.07) is 13.1. The van der Waals surface area contributed by atoms with Crippen LogP contribution in [0.3, 0.4) is 0 Å². The van der Waals surface area contributed by atoms with Crippen LogP contribution in [0.15, 0.2) is 42.5 Å². The first-order valence-electron chi connectivity index (χ1n) is 7.89. The lowest BCUT2D eigenvalue weighted by atomic mass is 10.1. The molecule has 24 heavy (non-hydrogen) atoms. The van der Waals surface area contributed by atoms with Gasteiger partial charge in [-0.2, -0.15) is 0 Å². The maximum Gasteiger partial charge on any atom is 0.233 e. The summed E-state index contributed by atoms with van der Waals surface area (Å²) in [5, 5.41) is 6.23. The van der Waals surface area contributed by atoms with Gasteiger partial charge in [0.05, 0.1) is 0 Å². The second kappa shape index (κ2) is 8.50. The number of para-hydroxylation sites is 1. The van der Waals surface area contributed by atoms with E-state index in [9.17, 15) is 9.59 Å². The normalized spacial score (nSPS) is 10.3. The minimum Gasteiger partial charge on any atom is -0.352 e. The number of anilines is 1. The Labute approximate surface area is 147 Å². The minimum atomic E-state index is -0.312. The Kier molecular flexibility index (Phi) is 6.38. The van der Waals surface area contributed by atoms with Gasteiger partial charge in [0, 0.05) is 17.3 Å². The van der Waals surface area contributed by atoms with Gasteiger partial charge in [-0.1, -0.05) is 48.9 Å². The number of rotatable bonds is 6. The van der Waals surface area contributed by atoms with Crippen molar-refractivity contribution in [2.24, 2.45) is 0 Å². The van der Waals surface area contributed by atoms with E-state index in [-0.39, 0.29) is 18.2 Å². The molecule has 126 valence electrons. The first-order chi connectivity index (χ1) is 11.5. The molecule has 2 amide bonds. The third-order valence-corrected chi connectivity index (χ3v) is 3.98. The second-order valence-corrected chi connectivity index (χ2v) is 6.03. The second-order valence-electron chi connectivity index (χ2n) is 5.59. The number of hydrogen-bond donors (Lipinski definition) is 2. The zero-order valence-corrected chi connectivity index (χ0v) is 14.6. The summed E-state index contributed by atoms with van der Waals surface area (Å²) in [6.07, 6.45) is 0.616. The van der Waals surface area contributed by atoms with Crippen molar-refractivity contribution in [2.75, 3.05) is 5.32 Å². The Bertz CT molecular complexity index is 727. The van der Waals surface area contributed by atoms with E-state index in [4.69, 9.17) is 11.6 Å². The first-order valence-corrected chi connectivity index (χ1v) is 8.27. The van der Waals surface area contributed by atoms with E-state index >= 15 is 0 Å². The van der Waals surface area contributed by atoms with Crippen LogP contribution in [-0.4, -0.2) is 11.8 Å². The van der Waals surface area contributed by atoms with Crippen LogP contribution >= 0.6 is 11.6 Å². The third kappa shape index (κ3) is 5.10. The highest BCUT2D eigenvalue weighted by atomic mass is 35.5. The summed E-state index contributed by atoms with van der Waals surface area (Å²) in [7, 11) is 0. The van der Waals surface area contributed by atoms with Crippen molar-refractivity contribution in [3.8, 4) is 0 Å². The van der Waals surface area contributed by atoms with E-state index in [1.165, 1.54) is 0 Å². The van der Waals surface area contributed by atoms with Crippen LogP contribution < -0.4 is 10.6 Å².